The van der Waals surface area contributed by atoms with Crippen LogP contribution in [0.1, 0.15) is 110 Å². The van der Waals surface area contributed by atoms with E-state index in [0.717, 1.165) is 29.6 Å². The molecule has 0 spiro atoms. The Labute approximate surface area is 237 Å². The zero-order valence-electron chi connectivity index (χ0n) is 25.9. The maximum Gasteiger partial charge on any atom is 0.167 e. The highest BCUT2D eigenvalue weighted by Crippen LogP contribution is 2.20. The molecular formula is C33H52FN5. The normalized spacial score (nSPS) is 10.3. The van der Waals surface area contributed by atoms with Gasteiger partial charge in [0, 0.05) is 25.1 Å². The molecule has 0 unspecified atom stereocenters. The lowest BCUT2D eigenvalue weighted by Crippen LogP contribution is -2.26. The van der Waals surface area contributed by atoms with Crippen molar-refractivity contribution in [1.29, 1.82) is 0 Å². The van der Waals surface area contributed by atoms with Crippen molar-refractivity contribution in [1.82, 2.24) is 19.9 Å². The number of amidine groups is 1. The standard InChI is InChI=1S/C21H22FN5.3C4H10/c1-5-16-10-12-27(4)20(16)21(26-19-9-11-23-13-17(19)22)25-15(3)18-8-6-7-14(2)24-18;3*1-3-4-2/h6-13H,3,5H2,1-2,4H3,(H,23,25,26);3*3-4H2,1-2H3. The molecule has 0 fully saturated rings. The van der Waals surface area contributed by atoms with Crippen molar-refractivity contribution in [3.63, 3.8) is 0 Å². The number of aryl methyl sites for hydroxylation is 3. The summed E-state index contributed by atoms with van der Waals surface area (Å²) >= 11 is 0. The van der Waals surface area contributed by atoms with Gasteiger partial charge in [-0.05, 0) is 43.2 Å². The van der Waals surface area contributed by atoms with Crippen LogP contribution in [0.25, 0.3) is 5.70 Å². The van der Waals surface area contributed by atoms with E-state index in [0.29, 0.717) is 17.2 Å². The van der Waals surface area contributed by atoms with Gasteiger partial charge in [-0.15, -0.1) is 0 Å². The van der Waals surface area contributed by atoms with E-state index in [1.807, 2.05) is 49.0 Å². The summed E-state index contributed by atoms with van der Waals surface area (Å²) in [5.41, 5.74) is 4.38. The Bertz CT molecular complexity index is 1090. The molecule has 0 saturated carbocycles. The van der Waals surface area contributed by atoms with Gasteiger partial charge in [-0.25, -0.2) is 9.38 Å². The number of hydrogen-bond acceptors (Lipinski definition) is 3. The van der Waals surface area contributed by atoms with E-state index in [2.05, 4.69) is 75.3 Å². The Kier molecular flexibility index (Phi) is 19.8. The van der Waals surface area contributed by atoms with Gasteiger partial charge in [0.05, 0.1) is 23.3 Å². The SMILES string of the molecule is C=C(NC(=Nc1ccncc1F)c1c(CC)ccn1C)c1cccc(C)n1.CCCC.CCCC.CCCC. The molecule has 0 atom stereocenters. The summed E-state index contributed by atoms with van der Waals surface area (Å²) in [7, 11) is 1.93. The molecule has 6 heteroatoms. The summed E-state index contributed by atoms with van der Waals surface area (Å²) in [6.07, 6.45) is 13.4. The van der Waals surface area contributed by atoms with Crippen LogP contribution >= 0.6 is 0 Å². The fourth-order valence-electron chi connectivity index (χ4n) is 2.82. The Balaban J connectivity index is 0.00000102. The first-order valence-electron chi connectivity index (χ1n) is 14.5. The third kappa shape index (κ3) is 13.9. The molecular weight excluding hydrogens is 485 g/mol. The Morgan fingerprint density at radius 1 is 0.923 bits per heavy atom. The van der Waals surface area contributed by atoms with Crippen LogP contribution in [0.3, 0.4) is 0 Å². The Hall–Kier alpha value is -3.28. The van der Waals surface area contributed by atoms with Gasteiger partial charge in [-0.2, -0.15) is 0 Å². The van der Waals surface area contributed by atoms with E-state index < -0.39 is 5.82 Å². The van der Waals surface area contributed by atoms with Crippen LogP contribution in [-0.4, -0.2) is 20.4 Å². The van der Waals surface area contributed by atoms with Gasteiger partial charge in [0.2, 0.25) is 0 Å². The minimum absolute atomic E-state index is 0.209. The zero-order chi connectivity index (χ0) is 29.6. The highest BCUT2D eigenvalue weighted by Gasteiger charge is 2.16. The minimum Gasteiger partial charge on any atom is -0.348 e. The smallest absolute Gasteiger partial charge is 0.167 e. The molecule has 3 heterocycles. The average molecular weight is 538 g/mol. The molecule has 39 heavy (non-hydrogen) atoms. The molecule has 216 valence electrons. The molecule has 0 radical (unpaired) electrons. The van der Waals surface area contributed by atoms with E-state index in [-0.39, 0.29) is 5.69 Å². The van der Waals surface area contributed by atoms with Crippen molar-refractivity contribution in [2.75, 3.05) is 0 Å². The van der Waals surface area contributed by atoms with E-state index in [1.54, 1.807) is 6.07 Å². The van der Waals surface area contributed by atoms with E-state index in [1.165, 1.54) is 44.7 Å². The number of nitrogens with zero attached hydrogens (tertiary/aromatic N) is 4. The van der Waals surface area contributed by atoms with Gasteiger partial charge in [0.15, 0.2) is 11.7 Å². The minimum atomic E-state index is -0.483. The third-order valence-corrected chi connectivity index (χ3v) is 5.71. The van der Waals surface area contributed by atoms with E-state index in [9.17, 15) is 4.39 Å². The fourth-order valence-corrected chi connectivity index (χ4v) is 2.82. The number of aliphatic imine (C=N–C) groups is 1. The van der Waals surface area contributed by atoms with Crippen molar-refractivity contribution >= 4 is 17.2 Å². The van der Waals surface area contributed by atoms with Crippen molar-refractivity contribution < 1.29 is 4.39 Å². The number of unbranched alkanes of at least 4 members (excludes halogenated alkanes) is 3. The van der Waals surface area contributed by atoms with Crippen LogP contribution in [0.2, 0.25) is 0 Å². The lowest BCUT2D eigenvalue weighted by molar-refractivity contribution is 0.623. The van der Waals surface area contributed by atoms with Crippen molar-refractivity contribution in [3.8, 4) is 0 Å². The monoisotopic (exact) mass is 537 g/mol. The number of pyridine rings is 2. The summed E-state index contributed by atoms with van der Waals surface area (Å²) in [6.45, 7) is 21.2. The van der Waals surface area contributed by atoms with Crippen LogP contribution in [0, 0.1) is 12.7 Å². The molecule has 3 aromatic heterocycles. The molecule has 0 aliphatic carbocycles. The van der Waals surface area contributed by atoms with Gasteiger partial charge in [-0.1, -0.05) is 99.6 Å². The van der Waals surface area contributed by atoms with Crippen LogP contribution in [0.15, 0.2) is 60.5 Å². The first-order valence-corrected chi connectivity index (χ1v) is 14.5. The fraction of sp³-hybridized carbons (Fsp3) is 0.485. The van der Waals surface area contributed by atoms with Crippen molar-refractivity contribution in [3.05, 3.63) is 84.0 Å². The number of nitrogens with one attached hydrogen (secondary N) is 1. The third-order valence-electron chi connectivity index (χ3n) is 5.71. The summed E-state index contributed by atoms with van der Waals surface area (Å²) in [5, 5.41) is 3.24. The number of rotatable bonds is 8. The summed E-state index contributed by atoms with van der Waals surface area (Å²) in [6, 6.07) is 9.29. The highest BCUT2D eigenvalue weighted by atomic mass is 19.1. The zero-order valence-corrected chi connectivity index (χ0v) is 25.9. The van der Waals surface area contributed by atoms with Crippen LogP contribution in [0.5, 0.6) is 0 Å². The van der Waals surface area contributed by atoms with Crippen LogP contribution < -0.4 is 5.32 Å². The van der Waals surface area contributed by atoms with E-state index in [4.69, 9.17) is 0 Å². The van der Waals surface area contributed by atoms with Gasteiger partial charge in [0.1, 0.15) is 5.69 Å². The second-order valence-electron chi connectivity index (χ2n) is 9.21. The lowest BCUT2D eigenvalue weighted by Gasteiger charge is -2.15. The number of hydrogen-bond donors (Lipinski definition) is 1. The number of aromatic nitrogens is 3. The molecule has 1 N–H and O–H groups in total. The van der Waals surface area contributed by atoms with E-state index >= 15 is 0 Å². The molecule has 0 aliphatic heterocycles. The molecule has 5 nitrogen and oxygen atoms in total. The first-order chi connectivity index (χ1) is 18.7. The maximum atomic E-state index is 14.1. The van der Waals surface area contributed by atoms with Gasteiger partial charge >= 0.3 is 0 Å². The van der Waals surface area contributed by atoms with Crippen LogP contribution in [-0.2, 0) is 13.5 Å². The highest BCUT2D eigenvalue weighted by molar-refractivity contribution is 6.04. The first kappa shape index (κ1) is 35.7. The molecule has 0 amide bonds. The molecule has 0 aliphatic rings. The maximum absolute atomic E-state index is 14.1. The van der Waals surface area contributed by atoms with Gasteiger partial charge < -0.3 is 9.88 Å². The summed E-state index contributed by atoms with van der Waals surface area (Å²) in [5.74, 6) is 0.0288. The average Bonchev–Trinajstić information content (AvgIpc) is 3.34. The second-order valence-corrected chi connectivity index (χ2v) is 9.21. The molecule has 3 aromatic rings. The summed E-state index contributed by atoms with van der Waals surface area (Å²) in [4.78, 5) is 12.8. The van der Waals surface area contributed by atoms with Crippen molar-refractivity contribution in [2.24, 2.45) is 12.0 Å². The van der Waals surface area contributed by atoms with Gasteiger partial charge in [-0.3, -0.25) is 9.97 Å². The van der Waals surface area contributed by atoms with Gasteiger partial charge in [0.25, 0.3) is 0 Å². The molecule has 0 aromatic carbocycles. The van der Waals surface area contributed by atoms with Crippen molar-refractivity contribution in [2.45, 2.75) is 100 Å². The summed E-state index contributed by atoms with van der Waals surface area (Å²) < 4.78 is 16.1. The largest absolute Gasteiger partial charge is 0.348 e. The Morgan fingerprint density at radius 3 is 2.00 bits per heavy atom. The molecule has 3 rings (SSSR count). The Morgan fingerprint density at radius 2 is 1.51 bits per heavy atom. The number of halogens is 1. The molecule has 0 bridgehead atoms. The second kappa shape index (κ2) is 21.6. The lowest BCUT2D eigenvalue weighted by atomic mass is 10.1. The molecule has 0 saturated heterocycles. The van der Waals surface area contributed by atoms with Crippen LogP contribution in [0.4, 0.5) is 10.1 Å². The topological polar surface area (TPSA) is 55.1 Å². The predicted octanol–water partition coefficient (Wildman–Crippen LogP) is 9.58. The quantitative estimate of drug-likeness (QED) is 0.230. The predicted molar refractivity (Wildman–Crippen MR) is 168 cm³/mol.